The quantitative estimate of drug-likeness (QED) is 0.562. The second-order valence-electron chi connectivity index (χ2n) is 9.48. The number of hydrogen-bond acceptors (Lipinski definition) is 5. The summed E-state index contributed by atoms with van der Waals surface area (Å²) in [6.07, 6.45) is -2.97. The molecule has 2 aromatic rings. The second kappa shape index (κ2) is 10.1. The topological polar surface area (TPSA) is 92.8 Å². The van der Waals surface area contributed by atoms with Crippen LogP contribution < -0.4 is 5.32 Å². The Labute approximate surface area is 211 Å². The molecule has 3 atom stereocenters. The lowest BCUT2D eigenvalue weighted by molar-refractivity contribution is -0.140. The second-order valence-corrected chi connectivity index (χ2v) is 11.5. The van der Waals surface area contributed by atoms with Crippen molar-refractivity contribution >= 4 is 21.7 Å². The maximum absolute atomic E-state index is 14.3. The van der Waals surface area contributed by atoms with Crippen LogP contribution in [-0.4, -0.2) is 56.7 Å². The van der Waals surface area contributed by atoms with Crippen LogP contribution in [0.1, 0.15) is 47.3 Å². The monoisotopic (exact) mass is 542 g/mol. The number of alkyl halides is 3. The number of halogens is 4. The molecule has 2 aliphatic heterocycles. The number of benzene rings is 2. The standard InChI is InChI=1S/C25H26F4N2O5S/c1-14-6-9-21(31(14)24(33)16-4-3-5-18(10-16)37(2,34)35)23(32)30-22(17-12-36-13-17)15-7-8-19(20(26)11-15)25(27,28)29/h3-5,7-8,10-11,14,17,21-22H,6,9,12-13H2,1-2H3,(H,30,32)/t14-,21-,22+/m1/s1. The van der Waals surface area contributed by atoms with Crippen molar-refractivity contribution in [3.05, 3.63) is 65.0 Å². The molecular formula is C25H26F4N2O5S. The fourth-order valence-electron chi connectivity index (χ4n) is 4.72. The lowest BCUT2D eigenvalue weighted by Gasteiger charge is -2.36. The van der Waals surface area contributed by atoms with Gasteiger partial charge in [-0.25, -0.2) is 12.8 Å². The summed E-state index contributed by atoms with van der Waals surface area (Å²) in [5.74, 6) is -2.77. The lowest BCUT2D eigenvalue weighted by Crippen LogP contribution is -2.51. The Morgan fingerprint density at radius 3 is 2.38 bits per heavy atom. The summed E-state index contributed by atoms with van der Waals surface area (Å²) in [5.41, 5.74) is -1.12. The first-order chi connectivity index (χ1) is 17.3. The normalized spacial score (nSPS) is 21.4. The molecule has 0 spiro atoms. The van der Waals surface area contributed by atoms with E-state index in [-0.39, 0.29) is 41.2 Å². The highest BCUT2D eigenvalue weighted by Crippen LogP contribution is 2.35. The number of nitrogens with zero attached hydrogens (tertiary/aromatic N) is 1. The summed E-state index contributed by atoms with van der Waals surface area (Å²) in [4.78, 5) is 28.1. The first-order valence-electron chi connectivity index (χ1n) is 11.6. The molecule has 2 amide bonds. The first kappa shape index (κ1) is 27.1. The Bertz CT molecular complexity index is 1310. The van der Waals surface area contributed by atoms with Crippen molar-refractivity contribution < 1.29 is 40.3 Å². The number of carbonyl (C=O) groups is 2. The number of nitrogens with one attached hydrogen (secondary N) is 1. The van der Waals surface area contributed by atoms with Crippen molar-refractivity contribution in [3.63, 3.8) is 0 Å². The molecule has 0 aromatic heterocycles. The molecule has 2 heterocycles. The maximum atomic E-state index is 14.3. The molecule has 0 bridgehead atoms. The van der Waals surface area contributed by atoms with Gasteiger partial charge < -0.3 is 15.0 Å². The number of carbonyl (C=O) groups excluding carboxylic acids is 2. The van der Waals surface area contributed by atoms with Crippen molar-refractivity contribution in [1.29, 1.82) is 0 Å². The van der Waals surface area contributed by atoms with Crippen molar-refractivity contribution in [2.75, 3.05) is 19.5 Å². The van der Waals surface area contributed by atoms with Gasteiger partial charge in [0.15, 0.2) is 9.84 Å². The highest BCUT2D eigenvalue weighted by Gasteiger charge is 2.42. The smallest absolute Gasteiger partial charge is 0.381 e. The van der Waals surface area contributed by atoms with E-state index in [0.29, 0.717) is 18.9 Å². The molecular weight excluding hydrogens is 516 g/mol. The third kappa shape index (κ3) is 5.64. The summed E-state index contributed by atoms with van der Waals surface area (Å²) in [5, 5.41) is 2.80. The molecule has 200 valence electrons. The Balaban J connectivity index is 1.58. The average Bonchev–Trinajstić information content (AvgIpc) is 3.17. The van der Waals surface area contributed by atoms with E-state index in [4.69, 9.17) is 4.74 Å². The number of amides is 2. The fourth-order valence-corrected chi connectivity index (χ4v) is 5.38. The van der Waals surface area contributed by atoms with Crippen molar-refractivity contribution in [2.24, 2.45) is 5.92 Å². The molecule has 2 aromatic carbocycles. The molecule has 2 fully saturated rings. The van der Waals surface area contributed by atoms with Crippen LogP contribution in [0, 0.1) is 11.7 Å². The van der Waals surface area contributed by atoms with Gasteiger partial charge in [-0.1, -0.05) is 12.1 Å². The number of rotatable bonds is 6. The molecule has 0 saturated carbocycles. The lowest BCUT2D eigenvalue weighted by atomic mass is 9.90. The SMILES string of the molecule is C[C@@H]1CC[C@H](C(=O)N[C@@H](c2ccc(C(F)(F)F)c(F)c2)C2COC2)N1C(=O)c1cccc(S(C)(=O)=O)c1. The van der Waals surface area contributed by atoms with Crippen molar-refractivity contribution in [1.82, 2.24) is 10.2 Å². The van der Waals surface area contributed by atoms with E-state index < -0.39 is 51.3 Å². The fraction of sp³-hybridized carbons (Fsp3) is 0.440. The zero-order chi connectivity index (χ0) is 27.1. The highest BCUT2D eigenvalue weighted by molar-refractivity contribution is 7.90. The van der Waals surface area contributed by atoms with Crippen LogP contribution >= 0.6 is 0 Å². The molecule has 7 nitrogen and oxygen atoms in total. The van der Waals surface area contributed by atoms with Gasteiger partial charge in [-0.05, 0) is 55.7 Å². The van der Waals surface area contributed by atoms with Crippen LogP contribution in [0.4, 0.5) is 17.6 Å². The van der Waals surface area contributed by atoms with Gasteiger partial charge in [0.1, 0.15) is 11.9 Å². The van der Waals surface area contributed by atoms with Crippen LogP contribution in [0.2, 0.25) is 0 Å². The molecule has 1 N–H and O–H groups in total. The van der Waals surface area contributed by atoms with Gasteiger partial charge in [-0.15, -0.1) is 0 Å². The third-order valence-corrected chi connectivity index (χ3v) is 7.92. The van der Waals surface area contributed by atoms with Crippen LogP contribution in [0.5, 0.6) is 0 Å². The van der Waals surface area contributed by atoms with Crippen molar-refractivity contribution in [2.45, 2.75) is 49.0 Å². The Hall–Kier alpha value is -2.99. The van der Waals surface area contributed by atoms with E-state index >= 15 is 0 Å². The molecule has 0 unspecified atom stereocenters. The number of likely N-dealkylation sites (tertiary alicyclic amines) is 1. The largest absolute Gasteiger partial charge is 0.419 e. The molecule has 12 heteroatoms. The van der Waals surface area contributed by atoms with E-state index in [1.54, 1.807) is 6.92 Å². The van der Waals surface area contributed by atoms with Crippen molar-refractivity contribution in [3.8, 4) is 0 Å². The van der Waals surface area contributed by atoms with E-state index in [2.05, 4.69) is 5.32 Å². The predicted molar refractivity (Wildman–Crippen MR) is 125 cm³/mol. The zero-order valence-corrected chi connectivity index (χ0v) is 20.9. The van der Waals surface area contributed by atoms with Gasteiger partial charge in [0, 0.05) is 23.8 Å². The van der Waals surface area contributed by atoms with E-state index in [1.807, 2.05) is 0 Å². The average molecular weight is 543 g/mol. The van der Waals surface area contributed by atoms with Gasteiger partial charge in [-0.2, -0.15) is 13.2 Å². The van der Waals surface area contributed by atoms with Gasteiger partial charge >= 0.3 is 6.18 Å². The van der Waals surface area contributed by atoms with E-state index in [0.717, 1.165) is 18.4 Å². The molecule has 4 rings (SSSR count). The number of sulfone groups is 1. The summed E-state index contributed by atoms with van der Waals surface area (Å²) >= 11 is 0. The van der Waals surface area contributed by atoms with Gasteiger partial charge in [0.25, 0.3) is 5.91 Å². The number of ether oxygens (including phenoxy) is 1. The summed E-state index contributed by atoms with van der Waals surface area (Å²) in [7, 11) is -3.56. The zero-order valence-electron chi connectivity index (χ0n) is 20.1. The first-order valence-corrected chi connectivity index (χ1v) is 13.5. The molecule has 0 radical (unpaired) electrons. The summed E-state index contributed by atoms with van der Waals surface area (Å²) in [6.45, 7) is 2.24. The number of hydrogen-bond donors (Lipinski definition) is 1. The van der Waals surface area contributed by atoms with Crippen LogP contribution in [0.3, 0.4) is 0 Å². The molecule has 2 saturated heterocycles. The van der Waals surface area contributed by atoms with E-state index in [9.17, 15) is 35.6 Å². The van der Waals surface area contributed by atoms with Gasteiger partial charge in [0.2, 0.25) is 5.91 Å². The maximum Gasteiger partial charge on any atom is 0.419 e. The third-order valence-electron chi connectivity index (χ3n) is 6.81. The predicted octanol–water partition coefficient (Wildman–Crippen LogP) is 3.75. The minimum absolute atomic E-state index is 0.0272. The summed E-state index contributed by atoms with van der Waals surface area (Å²) in [6, 6.07) is 6.06. The van der Waals surface area contributed by atoms with Crippen LogP contribution in [0.25, 0.3) is 0 Å². The molecule has 0 aliphatic carbocycles. The van der Waals surface area contributed by atoms with Gasteiger partial charge in [-0.3, -0.25) is 9.59 Å². The highest BCUT2D eigenvalue weighted by atomic mass is 32.2. The molecule has 2 aliphatic rings. The Kier molecular flexibility index (Phi) is 7.35. The minimum Gasteiger partial charge on any atom is -0.381 e. The molecule has 37 heavy (non-hydrogen) atoms. The Morgan fingerprint density at radius 2 is 1.81 bits per heavy atom. The minimum atomic E-state index is -4.85. The van der Waals surface area contributed by atoms with Gasteiger partial charge in [0.05, 0.1) is 29.7 Å². The van der Waals surface area contributed by atoms with Crippen LogP contribution in [0.15, 0.2) is 47.4 Å². The summed E-state index contributed by atoms with van der Waals surface area (Å²) < 4.78 is 82.4. The van der Waals surface area contributed by atoms with Crippen LogP contribution in [-0.2, 0) is 25.5 Å². The Morgan fingerprint density at radius 1 is 1.11 bits per heavy atom. The van der Waals surface area contributed by atoms with E-state index in [1.165, 1.54) is 29.2 Å².